The van der Waals surface area contributed by atoms with Crippen molar-refractivity contribution in [1.29, 1.82) is 0 Å². The number of aryl methyl sites for hydroxylation is 1. The first-order chi connectivity index (χ1) is 11.8. The summed E-state index contributed by atoms with van der Waals surface area (Å²) in [6, 6.07) is 3.62. The van der Waals surface area contributed by atoms with Gasteiger partial charge in [0, 0.05) is 25.1 Å². The van der Waals surface area contributed by atoms with Crippen LogP contribution in [-0.2, 0) is 6.42 Å². The zero-order chi connectivity index (χ0) is 18.1. The number of thiazole rings is 1. The van der Waals surface area contributed by atoms with Crippen LogP contribution >= 0.6 is 11.3 Å². The lowest BCUT2D eigenvalue weighted by atomic mass is 9.98. The number of aromatic nitrogens is 1. The van der Waals surface area contributed by atoms with Crippen LogP contribution in [0.1, 0.15) is 52.1 Å². The van der Waals surface area contributed by atoms with Crippen LogP contribution in [0.4, 0.5) is 8.78 Å². The third-order valence-electron chi connectivity index (χ3n) is 4.52. The fourth-order valence-electron chi connectivity index (χ4n) is 3.25. The highest BCUT2D eigenvalue weighted by Crippen LogP contribution is 2.28. The minimum atomic E-state index is -0.553. The van der Waals surface area contributed by atoms with Crippen molar-refractivity contribution in [3.8, 4) is 0 Å². The third-order valence-corrected chi connectivity index (χ3v) is 5.97. The standard InChI is InChI=1S/C19H22F2N2OS/c1-11(2)18-22-12(3)17(25-18)19(24)23-5-4-13(10-23)6-14-7-15(20)9-16(21)8-14/h7-9,11,13H,4-6,10H2,1-3H3. The number of hydrogen-bond acceptors (Lipinski definition) is 3. The van der Waals surface area contributed by atoms with Gasteiger partial charge in [-0.15, -0.1) is 11.3 Å². The lowest BCUT2D eigenvalue weighted by molar-refractivity contribution is 0.0791. The van der Waals surface area contributed by atoms with Crippen LogP contribution < -0.4 is 0 Å². The first kappa shape index (κ1) is 18.0. The molecule has 1 aromatic carbocycles. The lowest BCUT2D eigenvalue weighted by Crippen LogP contribution is -2.28. The monoisotopic (exact) mass is 364 g/mol. The number of carbonyl (C=O) groups is 1. The molecule has 2 heterocycles. The Morgan fingerprint density at radius 2 is 2.00 bits per heavy atom. The molecule has 0 saturated carbocycles. The molecule has 134 valence electrons. The van der Waals surface area contributed by atoms with Crippen LogP contribution in [0.3, 0.4) is 0 Å². The second kappa shape index (κ2) is 7.20. The van der Waals surface area contributed by atoms with Gasteiger partial charge in [0.2, 0.25) is 0 Å². The average molecular weight is 364 g/mol. The highest BCUT2D eigenvalue weighted by atomic mass is 32.1. The zero-order valence-corrected chi connectivity index (χ0v) is 15.5. The van der Waals surface area contributed by atoms with Crippen LogP contribution in [0.15, 0.2) is 18.2 Å². The summed E-state index contributed by atoms with van der Waals surface area (Å²) < 4.78 is 26.7. The molecule has 25 heavy (non-hydrogen) atoms. The molecule has 0 spiro atoms. The van der Waals surface area contributed by atoms with Gasteiger partial charge in [0.15, 0.2) is 0 Å². The molecule has 0 aliphatic carbocycles. The second-order valence-corrected chi connectivity index (χ2v) is 8.04. The summed E-state index contributed by atoms with van der Waals surface area (Å²) in [4.78, 5) is 19.8. The molecule has 1 atom stereocenters. The van der Waals surface area contributed by atoms with E-state index < -0.39 is 11.6 Å². The number of rotatable bonds is 4. The largest absolute Gasteiger partial charge is 0.338 e. The van der Waals surface area contributed by atoms with Crippen LogP contribution in [0.2, 0.25) is 0 Å². The summed E-state index contributed by atoms with van der Waals surface area (Å²) in [5.74, 6) is -0.554. The van der Waals surface area contributed by atoms with Gasteiger partial charge in [-0.1, -0.05) is 13.8 Å². The van der Waals surface area contributed by atoms with E-state index in [0.717, 1.165) is 23.2 Å². The van der Waals surface area contributed by atoms with Crippen molar-refractivity contribution in [2.75, 3.05) is 13.1 Å². The van der Waals surface area contributed by atoms with Crippen LogP contribution in [-0.4, -0.2) is 28.9 Å². The van der Waals surface area contributed by atoms with Gasteiger partial charge in [-0.3, -0.25) is 4.79 Å². The van der Waals surface area contributed by atoms with Gasteiger partial charge in [-0.05, 0) is 43.4 Å². The molecular weight excluding hydrogens is 342 g/mol. The van der Waals surface area contributed by atoms with E-state index in [1.807, 2.05) is 11.8 Å². The number of hydrogen-bond donors (Lipinski definition) is 0. The average Bonchev–Trinajstić information content (AvgIpc) is 3.12. The Kier molecular flexibility index (Phi) is 5.18. The topological polar surface area (TPSA) is 33.2 Å². The van der Waals surface area contributed by atoms with Crippen molar-refractivity contribution in [2.45, 2.75) is 39.5 Å². The Bertz CT molecular complexity index is 767. The minimum Gasteiger partial charge on any atom is -0.338 e. The number of halogens is 2. The van der Waals surface area contributed by atoms with E-state index in [-0.39, 0.29) is 11.8 Å². The fourth-order valence-corrected chi connectivity index (χ4v) is 4.29. The maximum atomic E-state index is 13.3. The van der Waals surface area contributed by atoms with Gasteiger partial charge in [0.25, 0.3) is 5.91 Å². The van der Waals surface area contributed by atoms with Crippen LogP contribution in [0, 0.1) is 24.5 Å². The quantitative estimate of drug-likeness (QED) is 0.797. The molecular formula is C19H22F2N2OS. The highest BCUT2D eigenvalue weighted by molar-refractivity contribution is 7.13. The van der Waals surface area contributed by atoms with Crippen molar-refractivity contribution >= 4 is 17.2 Å². The Morgan fingerprint density at radius 3 is 2.60 bits per heavy atom. The van der Waals surface area contributed by atoms with Gasteiger partial charge in [-0.25, -0.2) is 13.8 Å². The molecule has 1 unspecified atom stereocenters. The van der Waals surface area contributed by atoms with E-state index in [9.17, 15) is 13.6 Å². The molecule has 0 radical (unpaired) electrons. The predicted molar refractivity (Wildman–Crippen MR) is 95.0 cm³/mol. The van der Waals surface area contributed by atoms with Gasteiger partial charge < -0.3 is 4.90 Å². The Labute approximate surface area is 150 Å². The molecule has 3 rings (SSSR count). The van der Waals surface area contributed by atoms with E-state index >= 15 is 0 Å². The van der Waals surface area contributed by atoms with E-state index in [1.54, 1.807) is 0 Å². The van der Waals surface area contributed by atoms with Crippen molar-refractivity contribution in [2.24, 2.45) is 5.92 Å². The van der Waals surface area contributed by atoms with E-state index in [4.69, 9.17) is 0 Å². The maximum Gasteiger partial charge on any atom is 0.265 e. The number of nitrogens with zero attached hydrogens (tertiary/aromatic N) is 2. The number of amides is 1. The SMILES string of the molecule is Cc1nc(C(C)C)sc1C(=O)N1CCC(Cc2cc(F)cc(F)c2)C1. The van der Waals surface area contributed by atoms with E-state index in [0.29, 0.717) is 35.9 Å². The molecule has 1 amide bonds. The molecule has 2 aromatic rings. The van der Waals surface area contributed by atoms with Gasteiger partial charge >= 0.3 is 0 Å². The van der Waals surface area contributed by atoms with Crippen LogP contribution in [0.5, 0.6) is 0 Å². The molecule has 1 aliphatic rings. The summed E-state index contributed by atoms with van der Waals surface area (Å²) >= 11 is 1.47. The van der Waals surface area contributed by atoms with Gasteiger partial charge in [0.1, 0.15) is 16.5 Å². The van der Waals surface area contributed by atoms with Gasteiger partial charge in [0.05, 0.1) is 10.7 Å². The van der Waals surface area contributed by atoms with Crippen molar-refractivity contribution < 1.29 is 13.6 Å². The number of carbonyl (C=O) groups excluding carboxylic acids is 1. The highest BCUT2D eigenvalue weighted by Gasteiger charge is 2.29. The number of benzene rings is 1. The van der Waals surface area contributed by atoms with Gasteiger partial charge in [-0.2, -0.15) is 0 Å². The summed E-state index contributed by atoms with van der Waals surface area (Å²) in [6.07, 6.45) is 1.43. The molecule has 1 saturated heterocycles. The molecule has 0 bridgehead atoms. The Balaban J connectivity index is 1.67. The molecule has 3 nitrogen and oxygen atoms in total. The summed E-state index contributed by atoms with van der Waals surface area (Å²) in [5, 5.41) is 0.979. The van der Waals surface area contributed by atoms with E-state index in [1.165, 1.54) is 23.5 Å². The lowest BCUT2D eigenvalue weighted by Gasteiger charge is -2.16. The van der Waals surface area contributed by atoms with E-state index in [2.05, 4.69) is 18.8 Å². The molecule has 6 heteroatoms. The zero-order valence-electron chi connectivity index (χ0n) is 14.7. The molecule has 1 aromatic heterocycles. The number of likely N-dealkylation sites (tertiary alicyclic amines) is 1. The summed E-state index contributed by atoms with van der Waals surface area (Å²) in [7, 11) is 0. The maximum absolute atomic E-state index is 13.3. The smallest absolute Gasteiger partial charge is 0.265 e. The normalized spacial score (nSPS) is 17.5. The second-order valence-electron chi connectivity index (χ2n) is 7.01. The first-order valence-electron chi connectivity index (χ1n) is 8.55. The van der Waals surface area contributed by atoms with Crippen molar-refractivity contribution in [3.63, 3.8) is 0 Å². The predicted octanol–water partition coefficient (Wildman–Crippen LogP) is 4.56. The summed E-state index contributed by atoms with van der Waals surface area (Å²) in [6.45, 7) is 7.30. The summed E-state index contributed by atoms with van der Waals surface area (Å²) in [5.41, 5.74) is 1.43. The Morgan fingerprint density at radius 1 is 1.32 bits per heavy atom. The fraction of sp³-hybridized carbons (Fsp3) is 0.474. The molecule has 0 N–H and O–H groups in total. The van der Waals surface area contributed by atoms with Crippen LogP contribution in [0.25, 0.3) is 0 Å². The first-order valence-corrected chi connectivity index (χ1v) is 9.36. The third kappa shape index (κ3) is 4.06. The minimum absolute atomic E-state index is 0.0230. The molecule has 1 fully saturated rings. The molecule has 1 aliphatic heterocycles. The van der Waals surface area contributed by atoms with Crippen molar-refractivity contribution in [3.05, 3.63) is 51.0 Å². The van der Waals surface area contributed by atoms with Crippen molar-refractivity contribution in [1.82, 2.24) is 9.88 Å². The Hall–Kier alpha value is -1.82.